The van der Waals surface area contributed by atoms with E-state index < -0.39 is 35.8 Å². The molecule has 0 radical (unpaired) electrons. The van der Waals surface area contributed by atoms with E-state index in [9.17, 15) is 19.5 Å². The number of carboxylic acid groups (broad SMARTS) is 1. The Kier molecular flexibility index (Phi) is 4.07. The molecule has 1 aromatic rings. The van der Waals surface area contributed by atoms with E-state index in [0.29, 0.717) is 23.4 Å². The normalized spacial score (nSPS) is 28.6. The first-order chi connectivity index (χ1) is 10.9. The summed E-state index contributed by atoms with van der Waals surface area (Å²) in [5.74, 6) is -3.56. The maximum Gasteiger partial charge on any atom is 0.350 e. The minimum absolute atomic E-state index is 0.250. The van der Waals surface area contributed by atoms with Gasteiger partial charge in [-0.25, -0.2) is 9.78 Å². The molecule has 0 aliphatic carbocycles. The predicted molar refractivity (Wildman–Crippen MR) is 79.3 cm³/mol. The Hall–Kier alpha value is -2.00. The van der Waals surface area contributed by atoms with Gasteiger partial charge in [-0.05, 0) is 19.8 Å². The minimum Gasteiger partial charge on any atom is -0.481 e. The van der Waals surface area contributed by atoms with Crippen LogP contribution in [0.3, 0.4) is 0 Å². The highest BCUT2D eigenvalue weighted by molar-refractivity contribution is 7.17. The van der Waals surface area contributed by atoms with Gasteiger partial charge in [0.1, 0.15) is 4.88 Å². The van der Waals surface area contributed by atoms with Gasteiger partial charge in [0.15, 0.2) is 5.13 Å². The lowest BCUT2D eigenvalue weighted by Gasteiger charge is -2.23. The minimum atomic E-state index is -1.03. The lowest BCUT2D eigenvalue weighted by atomic mass is 9.79. The Morgan fingerprint density at radius 1 is 1.30 bits per heavy atom. The number of aliphatic carboxylic acids is 1. The van der Waals surface area contributed by atoms with Gasteiger partial charge in [-0.1, -0.05) is 11.3 Å². The fourth-order valence-electron chi connectivity index (χ4n) is 3.25. The van der Waals surface area contributed by atoms with Crippen molar-refractivity contribution in [3.05, 3.63) is 10.6 Å². The molecule has 2 N–H and O–H groups in total. The van der Waals surface area contributed by atoms with Crippen LogP contribution in [0.15, 0.2) is 0 Å². The van der Waals surface area contributed by atoms with Gasteiger partial charge in [0.25, 0.3) is 0 Å². The lowest BCUT2D eigenvalue weighted by molar-refractivity contribution is -0.147. The molecule has 2 aliphatic heterocycles. The monoisotopic (exact) mass is 340 g/mol. The van der Waals surface area contributed by atoms with Crippen molar-refractivity contribution in [2.45, 2.75) is 32.0 Å². The van der Waals surface area contributed by atoms with Crippen LogP contribution in [0.25, 0.3) is 0 Å². The van der Waals surface area contributed by atoms with Crippen molar-refractivity contribution < 1.29 is 29.0 Å². The van der Waals surface area contributed by atoms with E-state index in [-0.39, 0.29) is 11.2 Å². The fourth-order valence-corrected chi connectivity index (χ4v) is 4.13. The van der Waals surface area contributed by atoms with E-state index in [1.54, 1.807) is 6.92 Å². The van der Waals surface area contributed by atoms with Crippen LogP contribution in [-0.4, -0.2) is 47.3 Å². The van der Waals surface area contributed by atoms with Crippen molar-refractivity contribution >= 4 is 34.3 Å². The molecule has 0 unspecified atom stereocenters. The smallest absolute Gasteiger partial charge is 0.350 e. The summed E-state index contributed by atoms with van der Waals surface area (Å²) in [4.78, 5) is 39.9. The first-order valence-electron chi connectivity index (χ1n) is 7.17. The molecule has 124 valence electrons. The molecule has 2 saturated heterocycles. The van der Waals surface area contributed by atoms with Gasteiger partial charge in [0.2, 0.25) is 5.91 Å². The summed E-state index contributed by atoms with van der Waals surface area (Å²) in [6.45, 7) is 1.64. The molecule has 0 saturated carbocycles. The highest BCUT2D eigenvalue weighted by Crippen LogP contribution is 2.44. The zero-order valence-electron chi connectivity index (χ0n) is 12.6. The van der Waals surface area contributed by atoms with Gasteiger partial charge in [-0.2, -0.15) is 0 Å². The number of hydrogen-bond donors (Lipinski definition) is 2. The first kappa shape index (κ1) is 15.9. The number of methoxy groups -OCH3 is 1. The topological polar surface area (TPSA) is 115 Å². The van der Waals surface area contributed by atoms with Crippen molar-refractivity contribution in [1.29, 1.82) is 0 Å². The van der Waals surface area contributed by atoms with Gasteiger partial charge >= 0.3 is 11.9 Å². The third kappa shape index (κ3) is 2.70. The zero-order chi connectivity index (χ0) is 16.7. The number of anilines is 1. The molecule has 1 aromatic heterocycles. The summed E-state index contributed by atoms with van der Waals surface area (Å²) in [6, 6.07) is 0. The van der Waals surface area contributed by atoms with Crippen LogP contribution in [0.1, 0.15) is 28.2 Å². The SMILES string of the molecule is COC(=O)c1sc(NC(=O)[C@@H]2[C@H](C(=O)O)[C@H]3CC[C@H]2O3)nc1C. The van der Waals surface area contributed by atoms with E-state index in [2.05, 4.69) is 15.0 Å². The Bertz CT molecular complexity index is 672. The molecule has 2 bridgehead atoms. The molecule has 2 aliphatic rings. The molecular formula is C14H16N2O6S. The number of aryl methyl sites for hydroxylation is 1. The summed E-state index contributed by atoms with van der Waals surface area (Å²) in [5, 5.41) is 12.2. The predicted octanol–water partition coefficient (Wildman–Crippen LogP) is 1.05. The van der Waals surface area contributed by atoms with Crippen LogP contribution in [0, 0.1) is 18.8 Å². The van der Waals surface area contributed by atoms with Crippen molar-refractivity contribution in [3.8, 4) is 0 Å². The average Bonchev–Trinajstić information content (AvgIpc) is 3.19. The van der Waals surface area contributed by atoms with Crippen LogP contribution in [0.5, 0.6) is 0 Å². The molecule has 3 heterocycles. The number of rotatable bonds is 4. The standard InChI is InChI=1S/C14H16N2O6S/c1-5-10(13(20)21-2)23-14(15-5)16-11(17)8-6-3-4-7(22-6)9(8)12(18)19/h6-9H,3-4H2,1-2H3,(H,18,19)(H,15,16,17)/t6-,7-,8+,9-/m1/s1. The second-order valence-electron chi connectivity index (χ2n) is 5.59. The molecule has 23 heavy (non-hydrogen) atoms. The number of thiazole rings is 1. The quantitative estimate of drug-likeness (QED) is 0.787. The molecule has 1 amide bonds. The maximum atomic E-state index is 12.5. The number of hydrogen-bond acceptors (Lipinski definition) is 7. The van der Waals surface area contributed by atoms with Gasteiger partial charge in [0.05, 0.1) is 36.8 Å². The molecule has 9 heteroatoms. The van der Waals surface area contributed by atoms with Gasteiger partial charge in [0, 0.05) is 0 Å². The first-order valence-corrected chi connectivity index (χ1v) is 7.99. The van der Waals surface area contributed by atoms with Gasteiger partial charge in [-0.3, -0.25) is 9.59 Å². The van der Waals surface area contributed by atoms with Crippen LogP contribution in [0.4, 0.5) is 5.13 Å². The van der Waals surface area contributed by atoms with Crippen molar-refractivity contribution in [2.75, 3.05) is 12.4 Å². The Balaban J connectivity index is 1.77. The number of carbonyl (C=O) groups excluding carboxylic acids is 2. The van der Waals surface area contributed by atoms with E-state index >= 15 is 0 Å². The van der Waals surface area contributed by atoms with Crippen molar-refractivity contribution in [3.63, 3.8) is 0 Å². The highest BCUT2D eigenvalue weighted by atomic mass is 32.1. The number of amides is 1. The Morgan fingerprint density at radius 3 is 2.57 bits per heavy atom. The van der Waals surface area contributed by atoms with Crippen molar-refractivity contribution in [1.82, 2.24) is 4.98 Å². The van der Waals surface area contributed by atoms with E-state index in [1.165, 1.54) is 7.11 Å². The Labute approximate surface area is 135 Å². The number of ether oxygens (including phenoxy) is 2. The lowest BCUT2D eigenvalue weighted by Crippen LogP contribution is -2.40. The van der Waals surface area contributed by atoms with Crippen molar-refractivity contribution in [2.24, 2.45) is 11.8 Å². The van der Waals surface area contributed by atoms with E-state index in [1.807, 2.05) is 0 Å². The van der Waals surface area contributed by atoms with Crippen LogP contribution >= 0.6 is 11.3 Å². The summed E-state index contributed by atoms with van der Waals surface area (Å²) in [6.07, 6.45) is 0.560. The zero-order valence-corrected chi connectivity index (χ0v) is 13.4. The third-order valence-corrected chi connectivity index (χ3v) is 5.31. The number of nitrogens with one attached hydrogen (secondary N) is 1. The molecular weight excluding hydrogens is 324 g/mol. The largest absolute Gasteiger partial charge is 0.481 e. The number of carboxylic acids is 1. The molecule has 8 nitrogen and oxygen atoms in total. The second kappa shape index (κ2) is 5.89. The summed E-state index contributed by atoms with van der Waals surface area (Å²) < 4.78 is 10.2. The number of nitrogens with zero attached hydrogens (tertiary/aromatic N) is 1. The second-order valence-corrected chi connectivity index (χ2v) is 6.59. The molecule has 0 spiro atoms. The summed E-state index contributed by atoms with van der Waals surface area (Å²) in [7, 11) is 1.27. The fraction of sp³-hybridized carbons (Fsp3) is 0.571. The van der Waals surface area contributed by atoms with Gasteiger partial charge < -0.3 is 19.9 Å². The third-order valence-electron chi connectivity index (χ3n) is 4.26. The van der Waals surface area contributed by atoms with E-state index in [4.69, 9.17) is 4.74 Å². The number of carbonyl (C=O) groups is 3. The van der Waals surface area contributed by atoms with E-state index in [0.717, 1.165) is 11.3 Å². The maximum absolute atomic E-state index is 12.5. The van der Waals surface area contributed by atoms with Gasteiger partial charge in [-0.15, -0.1) is 0 Å². The molecule has 2 fully saturated rings. The average molecular weight is 340 g/mol. The highest BCUT2D eigenvalue weighted by Gasteiger charge is 2.55. The van der Waals surface area contributed by atoms with Crippen LogP contribution < -0.4 is 5.32 Å². The number of fused-ring (bicyclic) bond motifs is 2. The molecule has 0 aromatic carbocycles. The molecule has 4 atom stereocenters. The number of esters is 1. The van der Waals surface area contributed by atoms with Crippen LogP contribution in [0.2, 0.25) is 0 Å². The summed E-state index contributed by atoms with van der Waals surface area (Å²) in [5.41, 5.74) is 0.455. The summed E-state index contributed by atoms with van der Waals surface area (Å²) >= 11 is 1.00. The number of aromatic nitrogens is 1. The molecule has 3 rings (SSSR count). The Morgan fingerprint density at radius 2 is 1.96 bits per heavy atom. The van der Waals surface area contributed by atoms with Crippen LogP contribution in [-0.2, 0) is 19.1 Å².